The number of hydrogen-bond donors (Lipinski definition) is 2. The van der Waals surface area contributed by atoms with Gasteiger partial charge >= 0.3 is 5.97 Å². The lowest BCUT2D eigenvalue weighted by molar-refractivity contribution is -0.138. The standard InChI is InChI=1S/C15H18N4O4/c1-18(2)13(20)9-16-14(21)11-8-12(15(22)23)19(17-11)10-6-4-3-5-7-10/h3-7,12H,8-9H2,1-2H3,(H,16,21)(H,22,23). The highest BCUT2D eigenvalue weighted by molar-refractivity contribution is 6.40. The number of likely N-dealkylation sites (N-methyl/N-ethyl adjacent to an activating group) is 1. The molecule has 0 saturated carbocycles. The van der Waals surface area contributed by atoms with Crippen molar-refractivity contribution in [3.05, 3.63) is 30.3 Å². The van der Waals surface area contributed by atoms with E-state index in [1.165, 1.54) is 9.91 Å². The highest BCUT2D eigenvalue weighted by atomic mass is 16.4. The van der Waals surface area contributed by atoms with Crippen molar-refractivity contribution in [1.29, 1.82) is 0 Å². The molecule has 122 valence electrons. The number of carbonyl (C=O) groups is 3. The van der Waals surface area contributed by atoms with E-state index in [4.69, 9.17) is 0 Å². The van der Waals surface area contributed by atoms with Gasteiger partial charge in [-0.2, -0.15) is 5.10 Å². The predicted molar refractivity (Wildman–Crippen MR) is 84.1 cm³/mol. The van der Waals surface area contributed by atoms with Gasteiger partial charge in [-0.15, -0.1) is 0 Å². The van der Waals surface area contributed by atoms with Gasteiger partial charge in [0.05, 0.1) is 12.2 Å². The Morgan fingerprint density at radius 1 is 1.30 bits per heavy atom. The first-order valence-corrected chi connectivity index (χ1v) is 7.03. The summed E-state index contributed by atoms with van der Waals surface area (Å²) in [5, 5.41) is 17.2. The van der Waals surface area contributed by atoms with Gasteiger partial charge in [0.25, 0.3) is 5.91 Å². The van der Waals surface area contributed by atoms with E-state index in [-0.39, 0.29) is 24.6 Å². The predicted octanol–water partition coefficient (Wildman–Crippen LogP) is -0.0897. The number of aliphatic carboxylic acids is 1. The molecule has 1 atom stereocenters. The average Bonchev–Trinajstić information content (AvgIpc) is 2.98. The van der Waals surface area contributed by atoms with E-state index in [1.54, 1.807) is 44.4 Å². The van der Waals surface area contributed by atoms with Gasteiger partial charge < -0.3 is 15.3 Å². The summed E-state index contributed by atoms with van der Waals surface area (Å²) in [4.78, 5) is 36.3. The number of para-hydroxylation sites is 1. The molecule has 0 aliphatic carbocycles. The molecule has 0 aromatic heterocycles. The molecule has 1 heterocycles. The van der Waals surface area contributed by atoms with Gasteiger partial charge in [-0.05, 0) is 12.1 Å². The number of amides is 2. The molecule has 2 N–H and O–H groups in total. The SMILES string of the molecule is CN(C)C(=O)CNC(=O)C1=NN(c2ccccc2)C(C(=O)O)C1. The van der Waals surface area contributed by atoms with Gasteiger partial charge in [0.2, 0.25) is 5.91 Å². The molecule has 0 saturated heterocycles. The third-order valence-corrected chi connectivity index (χ3v) is 3.38. The largest absolute Gasteiger partial charge is 0.480 e. The smallest absolute Gasteiger partial charge is 0.328 e. The summed E-state index contributed by atoms with van der Waals surface area (Å²) in [7, 11) is 3.17. The Hall–Kier alpha value is -2.90. The highest BCUT2D eigenvalue weighted by Crippen LogP contribution is 2.24. The molecule has 0 spiro atoms. The van der Waals surface area contributed by atoms with E-state index in [9.17, 15) is 19.5 Å². The maximum Gasteiger partial charge on any atom is 0.328 e. The number of benzene rings is 1. The average molecular weight is 318 g/mol. The zero-order valence-corrected chi connectivity index (χ0v) is 12.9. The Morgan fingerprint density at radius 2 is 1.96 bits per heavy atom. The van der Waals surface area contributed by atoms with E-state index in [0.717, 1.165) is 0 Å². The van der Waals surface area contributed by atoms with Crippen LogP contribution < -0.4 is 10.3 Å². The summed E-state index contributed by atoms with van der Waals surface area (Å²) in [6.45, 7) is -0.159. The lowest BCUT2D eigenvalue weighted by atomic mass is 10.1. The van der Waals surface area contributed by atoms with Crippen LogP contribution in [0.5, 0.6) is 0 Å². The van der Waals surface area contributed by atoms with E-state index in [0.29, 0.717) is 5.69 Å². The molecule has 0 radical (unpaired) electrons. The minimum atomic E-state index is -1.07. The molecule has 1 aromatic rings. The minimum absolute atomic E-state index is 0.0216. The van der Waals surface area contributed by atoms with Crippen molar-refractivity contribution < 1.29 is 19.5 Å². The molecule has 23 heavy (non-hydrogen) atoms. The third-order valence-electron chi connectivity index (χ3n) is 3.38. The van der Waals surface area contributed by atoms with Gasteiger partial charge in [0.1, 0.15) is 5.71 Å². The van der Waals surface area contributed by atoms with Crippen LogP contribution in [0.3, 0.4) is 0 Å². The maximum absolute atomic E-state index is 12.1. The Morgan fingerprint density at radius 3 is 2.52 bits per heavy atom. The highest BCUT2D eigenvalue weighted by Gasteiger charge is 2.36. The summed E-state index contributed by atoms with van der Waals surface area (Å²) >= 11 is 0. The molecule has 0 fully saturated rings. The van der Waals surface area contributed by atoms with Crippen molar-refractivity contribution in [2.24, 2.45) is 5.10 Å². The summed E-state index contributed by atoms with van der Waals surface area (Å²) in [5.41, 5.74) is 0.680. The second-order valence-electron chi connectivity index (χ2n) is 5.26. The van der Waals surface area contributed by atoms with Crippen molar-refractivity contribution in [3.8, 4) is 0 Å². The van der Waals surface area contributed by atoms with E-state index >= 15 is 0 Å². The number of carboxylic acids is 1. The quantitative estimate of drug-likeness (QED) is 0.790. The Bertz CT molecular complexity index is 642. The van der Waals surface area contributed by atoms with Gasteiger partial charge in [0.15, 0.2) is 6.04 Å². The molecular weight excluding hydrogens is 300 g/mol. The number of carbonyl (C=O) groups excluding carboxylic acids is 2. The zero-order chi connectivity index (χ0) is 17.0. The van der Waals surface area contributed by atoms with Gasteiger partial charge in [-0.1, -0.05) is 18.2 Å². The second kappa shape index (κ2) is 6.91. The molecule has 1 aromatic carbocycles. The fourth-order valence-electron chi connectivity index (χ4n) is 2.07. The lowest BCUT2D eigenvalue weighted by Gasteiger charge is -2.19. The van der Waals surface area contributed by atoms with Crippen LogP contribution in [0.1, 0.15) is 6.42 Å². The second-order valence-corrected chi connectivity index (χ2v) is 5.26. The fourth-order valence-corrected chi connectivity index (χ4v) is 2.07. The monoisotopic (exact) mass is 318 g/mol. The molecule has 2 rings (SSSR count). The van der Waals surface area contributed by atoms with Crippen LogP contribution in [0.25, 0.3) is 0 Å². The molecule has 1 aliphatic heterocycles. The number of hydrazone groups is 1. The number of hydrogen-bond acceptors (Lipinski definition) is 5. The van der Waals surface area contributed by atoms with Crippen LogP contribution in [0.4, 0.5) is 5.69 Å². The summed E-state index contributed by atoms with van der Waals surface area (Å²) in [6, 6.07) is 7.82. The number of nitrogens with one attached hydrogen (secondary N) is 1. The van der Waals surface area contributed by atoms with Crippen molar-refractivity contribution in [1.82, 2.24) is 10.2 Å². The van der Waals surface area contributed by atoms with Gasteiger partial charge in [0, 0.05) is 20.5 Å². The number of anilines is 1. The van der Waals surface area contributed by atoms with Crippen molar-refractivity contribution in [2.45, 2.75) is 12.5 Å². The Kier molecular flexibility index (Phi) is 4.95. The fraction of sp³-hybridized carbons (Fsp3) is 0.333. The minimum Gasteiger partial charge on any atom is -0.480 e. The van der Waals surface area contributed by atoms with Crippen LogP contribution in [-0.2, 0) is 14.4 Å². The molecule has 8 heteroatoms. The molecule has 1 unspecified atom stereocenters. The van der Waals surface area contributed by atoms with Gasteiger partial charge in [-0.25, -0.2) is 4.79 Å². The lowest BCUT2D eigenvalue weighted by Crippen LogP contribution is -2.39. The topological polar surface area (TPSA) is 102 Å². The maximum atomic E-state index is 12.1. The molecule has 8 nitrogen and oxygen atoms in total. The number of rotatable bonds is 5. The first-order chi connectivity index (χ1) is 10.9. The van der Waals surface area contributed by atoms with Crippen LogP contribution in [-0.4, -0.2) is 60.2 Å². The molecular formula is C15H18N4O4. The molecule has 0 bridgehead atoms. The van der Waals surface area contributed by atoms with Gasteiger partial charge in [-0.3, -0.25) is 14.6 Å². The van der Waals surface area contributed by atoms with Crippen LogP contribution >= 0.6 is 0 Å². The number of nitrogens with zero attached hydrogens (tertiary/aromatic N) is 3. The first-order valence-electron chi connectivity index (χ1n) is 7.03. The first kappa shape index (κ1) is 16.5. The van der Waals surface area contributed by atoms with E-state index < -0.39 is 17.9 Å². The van der Waals surface area contributed by atoms with Crippen LogP contribution in [0.2, 0.25) is 0 Å². The van der Waals surface area contributed by atoms with Crippen LogP contribution in [0.15, 0.2) is 35.4 Å². The van der Waals surface area contributed by atoms with Crippen molar-refractivity contribution in [3.63, 3.8) is 0 Å². The van der Waals surface area contributed by atoms with Crippen molar-refractivity contribution >= 4 is 29.2 Å². The summed E-state index contributed by atoms with van der Waals surface area (Å²) in [6.07, 6.45) is -0.0216. The Labute approximate surface area is 133 Å². The summed E-state index contributed by atoms with van der Waals surface area (Å²) in [5.74, 6) is -1.86. The number of carboxylic acid groups (broad SMARTS) is 1. The van der Waals surface area contributed by atoms with E-state index in [1.807, 2.05) is 0 Å². The molecule has 2 amide bonds. The summed E-state index contributed by atoms with van der Waals surface area (Å²) < 4.78 is 0. The van der Waals surface area contributed by atoms with Crippen LogP contribution in [0, 0.1) is 0 Å². The molecule has 1 aliphatic rings. The third kappa shape index (κ3) is 3.85. The zero-order valence-electron chi connectivity index (χ0n) is 12.9. The Balaban J connectivity index is 2.12. The normalized spacial score (nSPS) is 16.7. The van der Waals surface area contributed by atoms with E-state index in [2.05, 4.69) is 10.4 Å². The van der Waals surface area contributed by atoms with Crippen molar-refractivity contribution in [2.75, 3.05) is 25.6 Å².